The third kappa shape index (κ3) is 4.32. The predicted octanol–water partition coefficient (Wildman–Crippen LogP) is 2.25. The van der Waals surface area contributed by atoms with Gasteiger partial charge in [0.25, 0.3) is 5.95 Å². The molecule has 0 radical (unpaired) electrons. The lowest BCUT2D eigenvalue weighted by Gasteiger charge is -2.12. The van der Waals surface area contributed by atoms with Gasteiger partial charge >= 0.3 is 0 Å². The highest BCUT2D eigenvalue weighted by molar-refractivity contribution is 5.80. The second kappa shape index (κ2) is 8.06. The highest BCUT2D eigenvalue weighted by Gasteiger charge is 2.07. The van der Waals surface area contributed by atoms with Gasteiger partial charge in [-0.15, -0.1) is 0 Å². The first-order chi connectivity index (χ1) is 12.7. The lowest BCUT2D eigenvalue weighted by Crippen LogP contribution is -2.02. The van der Waals surface area contributed by atoms with E-state index in [1.54, 1.807) is 30.5 Å². The molecule has 2 N–H and O–H groups in total. The largest absolute Gasteiger partial charge is 0.490 e. The Hall–Kier alpha value is -3.49. The molecule has 26 heavy (non-hydrogen) atoms. The van der Waals surface area contributed by atoms with Gasteiger partial charge in [0, 0.05) is 0 Å². The standard InChI is InChI=1S/C17H17FN6O2/c1-2-25-16-9-13(10-20-24-17(19)21-22-23-24)5-8-15(16)26-11-12-3-6-14(18)7-4-12/h3-10H,2,11H2,1H3,(H2,19,21,23)/b20-10+. The van der Waals surface area contributed by atoms with E-state index in [2.05, 4.69) is 20.6 Å². The molecule has 3 aromatic rings. The molecule has 0 atom stereocenters. The van der Waals surface area contributed by atoms with Gasteiger partial charge in [-0.05, 0) is 58.8 Å². The zero-order valence-corrected chi connectivity index (χ0v) is 14.0. The second-order valence-electron chi connectivity index (χ2n) is 5.23. The highest BCUT2D eigenvalue weighted by Crippen LogP contribution is 2.29. The molecular formula is C17H17FN6O2. The van der Waals surface area contributed by atoms with Crippen LogP contribution in [0.5, 0.6) is 11.5 Å². The molecule has 0 aliphatic carbocycles. The molecule has 0 bridgehead atoms. The van der Waals surface area contributed by atoms with E-state index in [0.717, 1.165) is 15.9 Å². The molecule has 0 unspecified atom stereocenters. The molecule has 9 heteroatoms. The number of hydrogen-bond acceptors (Lipinski definition) is 7. The number of nitrogens with two attached hydrogens (primary N) is 1. The lowest BCUT2D eigenvalue weighted by molar-refractivity contribution is 0.269. The van der Waals surface area contributed by atoms with Crippen molar-refractivity contribution in [2.45, 2.75) is 13.5 Å². The van der Waals surface area contributed by atoms with Crippen LogP contribution < -0.4 is 15.2 Å². The van der Waals surface area contributed by atoms with Gasteiger partial charge in [0.1, 0.15) is 12.4 Å². The number of benzene rings is 2. The van der Waals surface area contributed by atoms with E-state index in [1.807, 2.05) is 13.0 Å². The summed E-state index contributed by atoms with van der Waals surface area (Å²) < 4.78 is 24.4. The second-order valence-corrected chi connectivity index (χ2v) is 5.23. The minimum Gasteiger partial charge on any atom is -0.490 e. The fraction of sp³-hybridized carbons (Fsp3) is 0.176. The van der Waals surface area contributed by atoms with Crippen molar-refractivity contribution < 1.29 is 13.9 Å². The minimum atomic E-state index is -0.282. The molecule has 134 valence electrons. The van der Waals surface area contributed by atoms with E-state index in [-0.39, 0.29) is 11.8 Å². The van der Waals surface area contributed by atoms with E-state index >= 15 is 0 Å². The van der Waals surface area contributed by atoms with Crippen LogP contribution in [0.3, 0.4) is 0 Å². The van der Waals surface area contributed by atoms with Crippen LogP contribution in [0.25, 0.3) is 0 Å². The van der Waals surface area contributed by atoms with Crippen molar-refractivity contribution in [1.82, 2.24) is 20.3 Å². The quantitative estimate of drug-likeness (QED) is 0.652. The SMILES string of the molecule is CCOc1cc(/C=N/n2nnnc2N)ccc1OCc1ccc(F)cc1. The Morgan fingerprint density at radius 3 is 2.65 bits per heavy atom. The number of nitrogen functional groups attached to an aromatic ring is 1. The Labute approximate surface area is 149 Å². The van der Waals surface area contributed by atoms with E-state index < -0.39 is 0 Å². The number of nitrogens with zero attached hydrogens (tertiary/aromatic N) is 5. The summed E-state index contributed by atoms with van der Waals surface area (Å²) in [5, 5.41) is 14.6. The van der Waals surface area contributed by atoms with E-state index in [1.165, 1.54) is 12.1 Å². The Morgan fingerprint density at radius 1 is 1.15 bits per heavy atom. The fourth-order valence-electron chi connectivity index (χ4n) is 2.13. The maximum absolute atomic E-state index is 13.0. The third-order valence-corrected chi connectivity index (χ3v) is 3.37. The summed E-state index contributed by atoms with van der Waals surface area (Å²) in [5.41, 5.74) is 7.17. The normalized spacial score (nSPS) is 11.0. The molecular weight excluding hydrogens is 339 g/mol. The van der Waals surface area contributed by atoms with Crippen molar-refractivity contribution in [1.29, 1.82) is 0 Å². The van der Waals surface area contributed by atoms with Crippen molar-refractivity contribution in [3.63, 3.8) is 0 Å². The van der Waals surface area contributed by atoms with Crippen LogP contribution in [0.1, 0.15) is 18.1 Å². The van der Waals surface area contributed by atoms with Gasteiger partial charge in [-0.3, -0.25) is 0 Å². The van der Waals surface area contributed by atoms with Gasteiger partial charge in [0.15, 0.2) is 11.5 Å². The zero-order chi connectivity index (χ0) is 18.4. The van der Waals surface area contributed by atoms with Gasteiger partial charge in [-0.1, -0.05) is 22.0 Å². The van der Waals surface area contributed by atoms with Crippen molar-refractivity contribution in [3.8, 4) is 11.5 Å². The zero-order valence-electron chi connectivity index (χ0n) is 14.0. The van der Waals surface area contributed by atoms with Gasteiger partial charge in [0.05, 0.1) is 12.8 Å². The first kappa shape index (κ1) is 17.3. The Bertz CT molecular complexity index is 895. The summed E-state index contributed by atoms with van der Waals surface area (Å²) >= 11 is 0. The molecule has 1 heterocycles. The molecule has 3 rings (SSSR count). The van der Waals surface area contributed by atoms with Gasteiger partial charge in [-0.25, -0.2) is 4.39 Å². The van der Waals surface area contributed by atoms with Crippen molar-refractivity contribution in [2.24, 2.45) is 5.10 Å². The van der Waals surface area contributed by atoms with Gasteiger partial charge < -0.3 is 15.2 Å². The van der Waals surface area contributed by atoms with E-state index in [9.17, 15) is 4.39 Å². The van der Waals surface area contributed by atoms with Crippen LogP contribution in [0.15, 0.2) is 47.6 Å². The predicted molar refractivity (Wildman–Crippen MR) is 93.6 cm³/mol. The van der Waals surface area contributed by atoms with Gasteiger partial charge in [0.2, 0.25) is 0 Å². The molecule has 2 aromatic carbocycles. The number of ether oxygens (including phenoxy) is 2. The van der Waals surface area contributed by atoms with Crippen LogP contribution in [0.2, 0.25) is 0 Å². The molecule has 0 aliphatic rings. The minimum absolute atomic E-state index is 0.0885. The lowest BCUT2D eigenvalue weighted by atomic mass is 10.2. The summed E-state index contributed by atoms with van der Waals surface area (Å²) in [4.78, 5) is 1.11. The van der Waals surface area contributed by atoms with Crippen LogP contribution in [-0.4, -0.2) is 33.1 Å². The highest BCUT2D eigenvalue weighted by atomic mass is 19.1. The smallest absolute Gasteiger partial charge is 0.263 e. The summed E-state index contributed by atoms with van der Waals surface area (Å²) in [6.07, 6.45) is 1.55. The third-order valence-electron chi connectivity index (χ3n) is 3.37. The van der Waals surface area contributed by atoms with Crippen LogP contribution in [0.4, 0.5) is 10.3 Å². The Kier molecular flexibility index (Phi) is 5.37. The first-order valence-corrected chi connectivity index (χ1v) is 7.88. The number of anilines is 1. The summed E-state index contributed by atoms with van der Waals surface area (Å²) in [7, 11) is 0. The van der Waals surface area contributed by atoms with E-state index in [0.29, 0.717) is 24.7 Å². The molecule has 8 nitrogen and oxygen atoms in total. The maximum atomic E-state index is 13.0. The van der Waals surface area contributed by atoms with Crippen molar-refractivity contribution in [2.75, 3.05) is 12.3 Å². The van der Waals surface area contributed by atoms with Gasteiger partial charge in [-0.2, -0.15) is 5.10 Å². The number of tetrazole rings is 1. The molecule has 1 aromatic heterocycles. The number of hydrogen-bond donors (Lipinski definition) is 1. The number of rotatable bonds is 7. The molecule has 0 spiro atoms. The topological polar surface area (TPSA) is 100 Å². The van der Waals surface area contributed by atoms with E-state index in [4.69, 9.17) is 15.2 Å². The molecule has 0 amide bonds. The number of aromatic nitrogens is 4. The van der Waals surface area contributed by atoms with Crippen LogP contribution in [0, 0.1) is 5.82 Å². The number of halogens is 1. The fourth-order valence-corrected chi connectivity index (χ4v) is 2.13. The van der Waals surface area contributed by atoms with Crippen molar-refractivity contribution in [3.05, 3.63) is 59.4 Å². The molecule has 0 aliphatic heterocycles. The van der Waals surface area contributed by atoms with Crippen molar-refractivity contribution >= 4 is 12.2 Å². The van der Waals surface area contributed by atoms with Crippen LogP contribution >= 0.6 is 0 Å². The molecule has 0 fully saturated rings. The monoisotopic (exact) mass is 356 g/mol. The Balaban J connectivity index is 1.74. The average molecular weight is 356 g/mol. The summed E-state index contributed by atoms with van der Waals surface area (Å²) in [6.45, 7) is 2.66. The maximum Gasteiger partial charge on any atom is 0.263 e. The molecule has 0 saturated heterocycles. The average Bonchev–Trinajstić information content (AvgIpc) is 3.06. The Morgan fingerprint density at radius 2 is 1.96 bits per heavy atom. The first-order valence-electron chi connectivity index (χ1n) is 7.88. The van der Waals surface area contributed by atoms with Crippen LogP contribution in [-0.2, 0) is 6.61 Å². The molecule has 0 saturated carbocycles. The summed E-state index contributed by atoms with van der Waals surface area (Å²) in [6, 6.07) is 11.5. The summed E-state index contributed by atoms with van der Waals surface area (Å²) in [5.74, 6) is 0.958.